The molecule has 1 amide bonds. The summed E-state index contributed by atoms with van der Waals surface area (Å²) in [5.41, 5.74) is 2.37. The van der Waals surface area contributed by atoms with Crippen LogP contribution in [0.25, 0.3) is 10.9 Å². The molecule has 0 saturated heterocycles. The monoisotopic (exact) mass is 366 g/mol. The fourth-order valence-electron chi connectivity index (χ4n) is 2.78. The van der Waals surface area contributed by atoms with Gasteiger partial charge in [-0.1, -0.05) is 0 Å². The highest BCUT2D eigenvalue weighted by Crippen LogP contribution is 2.28. The van der Waals surface area contributed by atoms with Gasteiger partial charge in [-0.3, -0.25) is 9.59 Å². The van der Waals surface area contributed by atoms with Gasteiger partial charge in [-0.2, -0.15) is 0 Å². The first-order chi connectivity index (χ1) is 13.1. The second-order valence-electron chi connectivity index (χ2n) is 6.20. The summed E-state index contributed by atoms with van der Waals surface area (Å²) in [6.07, 6.45) is 2.78. The molecule has 2 aromatic carbocycles. The molecule has 0 spiro atoms. The maximum Gasteiger partial charge on any atom is 0.224 e. The number of anilines is 1. The van der Waals surface area contributed by atoms with Gasteiger partial charge in [0.05, 0.1) is 13.7 Å². The number of rotatable bonds is 8. The van der Waals surface area contributed by atoms with Crippen LogP contribution in [0.5, 0.6) is 11.5 Å². The quantitative estimate of drug-likeness (QED) is 0.463. The Labute approximate surface area is 157 Å². The van der Waals surface area contributed by atoms with E-state index in [-0.39, 0.29) is 11.7 Å². The van der Waals surface area contributed by atoms with Crippen molar-refractivity contribution in [2.24, 2.45) is 0 Å². The second-order valence-corrected chi connectivity index (χ2v) is 6.20. The van der Waals surface area contributed by atoms with Crippen molar-refractivity contribution in [1.82, 2.24) is 4.98 Å². The van der Waals surface area contributed by atoms with Gasteiger partial charge in [0, 0.05) is 34.8 Å². The summed E-state index contributed by atoms with van der Waals surface area (Å²) < 4.78 is 11.0. The van der Waals surface area contributed by atoms with Gasteiger partial charge in [0.25, 0.3) is 0 Å². The Balaban J connectivity index is 1.48. The largest absolute Gasteiger partial charge is 0.493 e. The molecule has 6 nitrogen and oxygen atoms in total. The van der Waals surface area contributed by atoms with Crippen molar-refractivity contribution in [2.75, 3.05) is 19.0 Å². The van der Waals surface area contributed by atoms with Crippen molar-refractivity contribution in [3.63, 3.8) is 0 Å². The van der Waals surface area contributed by atoms with E-state index in [9.17, 15) is 9.59 Å². The first kappa shape index (κ1) is 18.5. The maximum absolute atomic E-state index is 12.1. The number of hydrogen-bond donors (Lipinski definition) is 2. The summed E-state index contributed by atoms with van der Waals surface area (Å²) >= 11 is 0. The third-order valence-electron chi connectivity index (χ3n) is 4.21. The molecular formula is C21H22N2O4. The number of hydrogen-bond acceptors (Lipinski definition) is 4. The van der Waals surface area contributed by atoms with Crippen LogP contribution in [0.4, 0.5) is 5.69 Å². The molecule has 0 bridgehead atoms. The van der Waals surface area contributed by atoms with Gasteiger partial charge >= 0.3 is 0 Å². The lowest BCUT2D eigenvalue weighted by atomic mass is 10.1. The lowest BCUT2D eigenvalue weighted by Crippen LogP contribution is -2.12. The highest BCUT2D eigenvalue weighted by molar-refractivity contribution is 5.95. The van der Waals surface area contributed by atoms with Gasteiger partial charge in [-0.25, -0.2) is 0 Å². The summed E-state index contributed by atoms with van der Waals surface area (Å²) in [6.45, 7) is 1.88. The molecule has 27 heavy (non-hydrogen) atoms. The molecule has 3 rings (SSSR count). The molecule has 0 saturated carbocycles. The average molecular weight is 366 g/mol. The SMILES string of the molecule is COc1cc(C(C)=O)ccc1OCCCC(=O)Nc1ccc2[nH]ccc2c1. The molecule has 0 unspecified atom stereocenters. The number of benzene rings is 2. The lowest BCUT2D eigenvalue weighted by Gasteiger charge is -2.11. The summed E-state index contributed by atoms with van der Waals surface area (Å²) in [6, 6.07) is 12.8. The highest BCUT2D eigenvalue weighted by Gasteiger charge is 2.09. The number of Topliss-reactive ketones (excluding diaryl/α,β-unsaturated/α-hetero) is 1. The molecule has 3 aromatic rings. The molecule has 140 valence electrons. The number of methoxy groups -OCH3 is 1. The minimum Gasteiger partial charge on any atom is -0.493 e. The van der Waals surface area contributed by atoms with Crippen molar-refractivity contribution in [3.05, 3.63) is 54.2 Å². The number of ether oxygens (including phenoxy) is 2. The van der Waals surface area contributed by atoms with Crippen molar-refractivity contribution < 1.29 is 19.1 Å². The molecule has 1 heterocycles. The van der Waals surface area contributed by atoms with E-state index in [1.807, 2.05) is 30.5 Å². The zero-order valence-corrected chi connectivity index (χ0v) is 15.4. The fraction of sp³-hybridized carbons (Fsp3) is 0.238. The van der Waals surface area contributed by atoms with Gasteiger partial charge < -0.3 is 19.8 Å². The number of carbonyl (C=O) groups is 2. The Morgan fingerprint density at radius 3 is 2.70 bits per heavy atom. The molecule has 0 aliphatic carbocycles. The van der Waals surface area contributed by atoms with Crippen molar-refractivity contribution in [1.29, 1.82) is 0 Å². The van der Waals surface area contributed by atoms with Crippen LogP contribution >= 0.6 is 0 Å². The van der Waals surface area contributed by atoms with Gasteiger partial charge in [0.1, 0.15) is 0 Å². The number of H-pyrrole nitrogens is 1. The zero-order chi connectivity index (χ0) is 19.2. The third-order valence-corrected chi connectivity index (χ3v) is 4.21. The standard InChI is InChI=1S/C21H22N2O4/c1-14(24)15-5-8-19(20(13-15)26-2)27-11-3-4-21(25)23-17-6-7-18-16(12-17)9-10-22-18/h5-10,12-13,22H,3-4,11H2,1-2H3,(H,23,25). The Hall–Kier alpha value is -3.28. The summed E-state index contributed by atoms with van der Waals surface area (Å²) in [4.78, 5) is 26.6. The van der Waals surface area contributed by atoms with Crippen LogP contribution < -0.4 is 14.8 Å². The van der Waals surface area contributed by atoms with Gasteiger partial charge in [-0.15, -0.1) is 0 Å². The molecule has 0 fully saturated rings. The minimum absolute atomic E-state index is 0.0330. The number of aromatic amines is 1. The number of nitrogens with one attached hydrogen (secondary N) is 2. The number of aromatic nitrogens is 1. The van der Waals surface area contributed by atoms with E-state index < -0.39 is 0 Å². The fourth-order valence-corrected chi connectivity index (χ4v) is 2.78. The van der Waals surface area contributed by atoms with E-state index >= 15 is 0 Å². The average Bonchev–Trinajstić information content (AvgIpc) is 3.13. The van der Waals surface area contributed by atoms with Gasteiger partial charge in [0.15, 0.2) is 17.3 Å². The van der Waals surface area contributed by atoms with Crippen molar-refractivity contribution in [2.45, 2.75) is 19.8 Å². The predicted octanol–water partition coefficient (Wildman–Crippen LogP) is 4.18. The summed E-state index contributed by atoms with van der Waals surface area (Å²) in [7, 11) is 1.53. The van der Waals surface area contributed by atoms with E-state index in [4.69, 9.17) is 9.47 Å². The molecule has 0 aliphatic rings. The zero-order valence-electron chi connectivity index (χ0n) is 15.4. The summed E-state index contributed by atoms with van der Waals surface area (Å²) in [5, 5.41) is 3.95. The minimum atomic E-state index is -0.0626. The topological polar surface area (TPSA) is 80.4 Å². The number of fused-ring (bicyclic) bond motifs is 1. The van der Waals surface area contributed by atoms with Crippen LogP contribution in [0.1, 0.15) is 30.1 Å². The van der Waals surface area contributed by atoms with Crippen LogP contribution in [0, 0.1) is 0 Å². The number of ketones is 1. The smallest absolute Gasteiger partial charge is 0.224 e. The molecule has 1 aromatic heterocycles. The van der Waals surface area contributed by atoms with Crippen LogP contribution in [-0.4, -0.2) is 30.4 Å². The maximum atomic E-state index is 12.1. The molecule has 2 N–H and O–H groups in total. The van der Waals surface area contributed by atoms with E-state index in [1.54, 1.807) is 18.2 Å². The van der Waals surface area contributed by atoms with Crippen LogP contribution in [-0.2, 0) is 4.79 Å². The Morgan fingerprint density at radius 2 is 1.93 bits per heavy atom. The third kappa shape index (κ3) is 4.67. The second kappa shape index (κ2) is 8.40. The van der Waals surface area contributed by atoms with Crippen LogP contribution in [0.15, 0.2) is 48.7 Å². The molecular weight excluding hydrogens is 344 g/mol. The first-order valence-corrected chi connectivity index (χ1v) is 8.75. The van der Waals surface area contributed by atoms with E-state index in [0.717, 1.165) is 16.6 Å². The molecule has 0 radical (unpaired) electrons. The highest BCUT2D eigenvalue weighted by atomic mass is 16.5. The molecule has 0 aliphatic heterocycles. The van der Waals surface area contributed by atoms with Crippen LogP contribution in [0.2, 0.25) is 0 Å². The van der Waals surface area contributed by atoms with Crippen molar-refractivity contribution in [3.8, 4) is 11.5 Å². The first-order valence-electron chi connectivity index (χ1n) is 8.75. The summed E-state index contributed by atoms with van der Waals surface area (Å²) in [5.74, 6) is 0.967. The lowest BCUT2D eigenvalue weighted by molar-refractivity contribution is -0.116. The van der Waals surface area contributed by atoms with Crippen LogP contribution in [0.3, 0.4) is 0 Å². The Kier molecular flexibility index (Phi) is 5.76. The Morgan fingerprint density at radius 1 is 1.07 bits per heavy atom. The molecule has 6 heteroatoms. The predicted molar refractivity (Wildman–Crippen MR) is 105 cm³/mol. The van der Waals surface area contributed by atoms with E-state index in [2.05, 4.69) is 10.3 Å². The normalized spacial score (nSPS) is 10.6. The Bertz CT molecular complexity index is 962. The van der Waals surface area contributed by atoms with E-state index in [1.165, 1.54) is 14.0 Å². The van der Waals surface area contributed by atoms with Gasteiger partial charge in [-0.05, 0) is 55.8 Å². The van der Waals surface area contributed by atoms with E-state index in [0.29, 0.717) is 36.5 Å². The number of amides is 1. The molecule has 0 atom stereocenters. The van der Waals surface area contributed by atoms with Gasteiger partial charge in [0.2, 0.25) is 5.91 Å². The van der Waals surface area contributed by atoms with Crippen molar-refractivity contribution >= 4 is 28.3 Å². The number of carbonyl (C=O) groups excluding carboxylic acids is 2.